The first kappa shape index (κ1) is 21.8. The predicted octanol–water partition coefficient (Wildman–Crippen LogP) is 3.08. The molecule has 0 atom stereocenters. The van der Waals surface area contributed by atoms with Gasteiger partial charge in [0, 0.05) is 25.0 Å². The van der Waals surface area contributed by atoms with E-state index in [1.165, 1.54) is 31.5 Å². The van der Waals surface area contributed by atoms with Gasteiger partial charge in [0.15, 0.2) is 7.28 Å². The molecular weight excluding hydrogens is 410 g/mol. The summed E-state index contributed by atoms with van der Waals surface area (Å²) in [6, 6.07) is 5.89. The number of ether oxygens (including phenoxy) is 2. The number of benzene rings is 1. The van der Waals surface area contributed by atoms with Crippen molar-refractivity contribution in [3.05, 3.63) is 40.5 Å². The molecule has 0 saturated carbocycles. The van der Waals surface area contributed by atoms with E-state index in [0.29, 0.717) is 34.4 Å². The molecule has 0 N–H and O–H groups in total. The van der Waals surface area contributed by atoms with Crippen LogP contribution in [0.1, 0.15) is 13.8 Å². The molecule has 0 aliphatic heterocycles. The summed E-state index contributed by atoms with van der Waals surface area (Å²) in [5.41, 5.74) is 0.959. The second-order valence-corrected chi connectivity index (χ2v) is 8.71. The van der Waals surface area contributed by atoms with E-state index in [0.717, 1.165) is 4.31 Å². The van der Waals surface area contributed by atoms with Crippen molar-refractivity contribution in [2.24, 2.45) is 0 Å². The Kier molecular flexibility index (Phi) is 7.39. The number of nitrogens with zero attached hydrogens (tertiary/aromatic N) is 2. The SMILES string of the molecule is CBc1ncc(Cl)cc1N(COC)S(=O)(=O)c1ccc(Cl)c(OC(C)C)c1. The molecule has 0 aliphatic carbocycles. The van der Waals surface area contributed by atoms with Crippen LogP contribution in [0.5, 0.6) is 5.75 Å². The van der Waals surface area contributed by atoms with Gasteiger partial charge in [-0.1, -0.05) is 30.0 Å². The maximum Gasteiger partial charge on any atom is 0.266 e. The molecule has 2 rings (SSSR count). The number of hydrogen-bond acceptors (Lipinski definition) is 5. The molecule has 1 aromatic carbocycles. The van der Waals surface area contributed by atoms with Gasteiger partial charge in [0.1, 0.15) is 12.5 Å². The maximum absolute atomic E-state index is 13.3. The zero-order valence-corrected chi connectivity index (χ0v) is 17.9. The molecule has 6 nitrogen and oxygen atoms in total. The molecule has 0 radical (unpaired) electrons. The van der Waals surface area contributed by atoms with Crippen LogP contribution in [-0.4, -0.2) is 40.6 Å². The minimum absolute atomic E-state index is 0.0293. The highest BCUT2D eigenvalue weighted by molar-refractivity contribution is 7.92. The Hall–Kier alpha value is -1.48. The summed E-state index contributed by atoms with van der Waals surface area (Å²) in [6.07, 6.45) is 1.33. The number of pyridine rings is 1. The largest absolute Gasteiger partial charge is 0.489 e. The van der Waals surface area contributed by atoms with Crippen LogP contribution in [-0.2, 0) is 14.8 Å². The van der Waals surface area contributed by atoms with Crippen molar-refractivity contribution < 1.29 is 17.9 Å². The zero-order valence-electron chi connectivity index (χ0n) is 15.6. The highest BCUT2D eigenvalue weighted by atomic mass is 35.5. The lowest BCUT2D eigenvalue weighted by Crippen LogP contribution is -2.38. The third-order valence-electron chi connectivity index (χ3n) is 3.62. The Balaban J connectivity index is 2.59. The van der Waals surface area contributed by atoms with Crippen molar-refractivity contribution in [3.8, 4) is 5.75 Å². The zero-order chi connectivity index (χ0) is 20.2. The van der Waals surface area contributed by atoms with E-state index in [1.54, 1.807) is 6.07 Å². The van der Waals surface area contributed by atoms with Crippen molar-refractivity contribution >= 4 is 51.8 Å². The molecule has 0 amide bonds. The van der Waals surface area contributed by atoms with Gasteiger partial charge in [0.05, 0.1) is 26.7 Å². The van der Waals surface area contributed by atoms with Crippen LogP contribution in [0.15, 0.2) is 35.4 Å². The van der Waals surface area contributed by atoms with Crippen molar-refractivity contribution in [1.82, 2.24) is 4.98 Å². The Morgan fingerprint density at radius 3 is 2.56 bits per heavy atom. The summed E-state index contributed by atoms with van der Waals surface area (Å²) in [7, 11) is -2.02. The highest BCUT2D eigenvalue weighted by Gasteiger charge is 2.28. The van der Waals surface area contributed by atoms with E-state index in [4.69, 9.17) is 32.7 Å². The number of methoxy groups -OCH3 is 1. The molecule has 1 heterocycles. The normalized spacial score (nSPS) is 11.5. The summed E-state index contributed by atoms with van der Waals surface area (Å²) in [5.74, 6) is 0.296. The smallest absolute Gasteiger partial charge is 0.266 e. The van der Waals surface area contributed by atoms with Gasteiger partial charge in [-0.15, -0.1) is 0 Å². The van der Waals surface area contributed by atoms with E-state index in [1.807, 2.05) is 20.7 Å². The second-order valence-electron chi connectivity index (χ2n) is 6.00. The summed E-state index contributed by atoms with van der Waals surface area (Å²) in [5, 5.41) is 0.665. The first-order valence-electron chi connectivity index (χ1n) is 8.33. The fourth-order valence-electron chi connectivity index (χ4n) is 2.45. The molecule has 0 unspecified atom stereocenters. The highest BCUT2D eigenvalue weighted by Crippen LogP contribution is 2.31. The average Bonchev–Trinajstić information content (AvgIpc) is 2.60. The van der Waals surface area contributed by atoms with Crippen LogP contribution < -0.4 is 14.6 Å². The van der Waals surface area contributed by atoms with Gasteiger partial charge in [-0.25, -0.2) is 12.7 Å². The lowest BCUT2D eigenvalue weighted by atomic mass is 9.76. The predicted molar refractivity (Wildman–Crippen MR) is 111 cm³/mol. The Morgan fingerprint density at radius 1 is 1.26 bits per heavy atom. The molecule has 0 fully saturated rings. The molecule has 0 bridgehead atoms. The topological polar surface area (TPSA) is 68.7 Å². The van der Waals surface area contributed by atoms with Crippen molar-refractivity contribution in [2.75, 3.05) is 18.1 Å². The maximum atomic E-state index is 13.3. The fourth-order valence-corrected chi connectivity index (χ4v) is 4.17. The van der Waals surface area contributed by atoms with Gasteiger partial charge in [0.25, 0.3) is 10.0 Å². The van der Waals surface area contributed by atoms with E-state index >= 15 is 0 Å². The molecule has 2 aromatic rings. The first-order chi connectivity index (χ1) is 12.7. The van der Waals surface area contributed by atoms with Crippen LogP contribution in [0.2, 0.25) is 16.9 Å². The van der Waals surface area contributed by atoms with Crippen molar-refractivity contribution in [2.45, 2.75) is 31.7 Å². The van der Waals surface area contributed by atoms with E-state index < -0.39 is 10.0 Å². The monoisotopic (exact) mass is 430 g/mol. The minimum Gasteiger partial charge on any atom is -0.489 e. The summed E-state index contributed by atoms with van der Waals surface area (Å²) in [6.45, 7) is 5.36. The number of hydrogen-bond donors (Lipinski definition) is 0. The first-order valence-corrected chi connectivity index (χ1v) is 10.5. The molecular formula is C17H21BCl2N2O4S. The lowest BCUT2D eigenvalue weighted by Gasteiger charge is -2.26. The van der Waals surface area contributed by atoms with Crippen LogP contribution in [0.4, 0.5) is 5.69 Å². The Morgan fingerprint density at radius 2 is 1.96 bits per heavy atom. The Labute approximate surface area is 170 Å². The van der Waals surface area contributed by atoms with E-state index in [-0.39, 0.29) is 17.7 Å². The van der Waals surface area contributed by atoms with Crippen LogP contribution in [0, 0.1) is 0 Å². The van der Waals surface area contributed by atoms with Crippen LogP contribution in [0.3, 0.4) is 0 Å². The quantitative estimate of drug-likeness (QED) is 0.475. The average molecular weight is 431 g/mol. The van der Waals surface area contributed by atoms with Crippen molar-refractivity contribution in [1.29, 1.82) is 0 Å². The third-order valence-corrected chi connectivity index (χ3v) is 5.87. The minimum atomic E-state index is -3.97. The third kappa shape index (κ3) is 5.07. The van der Waals surface area contributed by atoms with Gasteiger partial charge in [-0.3, -0.25) is 4.98 Å². The van der Waals surface area contributed by atoms with Gasteiger partial charge in [-0.05, 0) is 32.0 Å². The van der Waals surface area contributed by atoms with Gasteiger partial charge in [-0.2, -0.15) is 0 Å². The molecule has 146 valence electrons. The Bertz CT molecular complexity index is 910. The summed E-state index contributed by atoms with van der Waals surface area (Å²) < 4.78 is 38.5. The molecule has 0 spiro atoms. The summed E-state index contributed by atoms with van der Waals surface area (Å²) in [4.78, 5) is 4.27. The van der Waals surface area contributed by atoms with Gasteiger partial charge in [0.2, 0.25) is 0 Å². The fraction of sp³-hybridized carbons (Fsp3) is 0.353. The molecule has 0 aliphatic rings. The molecule has 10 heteroatoms. The van der Waals surface area contributed by atoms with E-state index in [2.05, 4.69) is 4.98 Å². The van der Waals surface area contributed by atoms with Crippen molar-refractivity contribution in [3.63, 3.8) is 0 Å². The standard InChI is InChI=1S/C17H21BCl2N2O4S/c1-11(2)26-16-8-13(5-6-14(16)20)27(23,24)22(10-25-4)15-7-12(19)9-21-17(15)18-3/h5-9,11,18H,10H2,1-4H3. The van der Waals surface area contributed by atoms with Crippen LogP contribution in [0.25, 0.3) is 0 Å². The van der Waals surface area contributed by atoms with Gasteiger partial charge < -0.3 is 9.47 Å². The summed E-state index contributed by atoms with van der Waals surface area (Å²) >= 11 is 12.2. The molecule has 1 aromatic heterocycles. The number of anilines is 1. The second kappa shape index (κ2) is 9.14. The van der Waals surface area contributed by atoms with Crippen LogP contribution >= 0.6 is 23.2 Å². The number of aromatic nitrogens is 1. The molecule has 0 saturated heterocycles. The number of rotatable bonds is 8. The van der Waals surface area contributed by atoms with Gasteiger partial charge >= 0.3 is 0 Å². The lowest BCUT2D eigenvalue weighted by molar-refractivity contribution is 0.209. The number of halogens is 2. The molecule has 27 heavy (non-hydrogen) atoms. The number of sulfonamides is 1. The van der Waals surface area contributed by atoms with E-state index in [9.17, 15) is 8.42 Å².